The van der Waals surface area contributed by atoms with Crippen LogP contribution in [-0.4, -0.2) is 24.4 Å². The zero-order valence-electron chi connectivity index (χ0n) is 8.92. The average Bonchev–Trinajstić information content (AvgIpc) is 2.25. The van der Waals surface area contributed by atoms with E-state index in [0.717, 1.165) is 6.42 Å². The Morgan fingerprint density at radius 2 is 1.87 bits per heavy atom. The number of piperazine rings is 1. The van der Waals surface area contributed by atoms with Crippen molar-refractivity contribution < 1.29 is 9.59 Å². The Bertz CT molecular complexity index is 259. The van der Waals surface area contributed by atoms with Gasteiger partial charge in [0.1, 0.15) is 6.04 Å². The first-order valence-corrected chi connectivity index (χ1v) is 5.83. The summed E-state index contributed by atoms with van der Waals surface area (Å²) in [5, 5.41) is 5.38. The highest BCUT2D eigenvalue weighted by Crippen LogP contribution is 2.27. The van der Waals surface area contributed by atoms with E-state index in [4.69, 9.17) is 0 Å². The van der Waals surface area contributed by atoms with Gasteiger partial charge < -0.3 is 10.6 Å². The molecule has 2 amide bonds. The van der Waals surface area contributed by atoms with E-state index < -0.39 is 0 Å². The molecule has 4 heteroatoms. The monoisotopic (exact) mass is 210 g/mol. The molecular formula is C11H18N2O2. The molecule has 1 atom stereocenters. The zero-order valence-corrected chi connectivity index (χ0v) is 8.92. The van der Waals surface area contributed by atoms with Gasteiger partial charge in [0.15, 0.2) is 0 Å². The molecule has 0 aromatic carbocycles. The Morgan fingerprint density at radius 1 is 1.13 bits per heavy atom. The van der Waals surface area contributed by atoms with Gasteiger partial charge in [0.2, 0.25) is 11.8 Å². The molecule has 2 N–H and O–H groups in total. The summed E-state index contributed by atoms with van der Waals surface area (Å²) in [5.74, 6) is 0.545. The molecule has 1 aliphatic heterocycles. The predicted octanol–water partition coefficient (Wildman–Crippen LogP) is 0.571. The largest absolute Gasteiger partial charge is 0.345 e. The highest BCUT2D eigenvalue weighted by molar-refractivity contribution is 5.94. The van der Waals surface area contributed by atoms with Crippen molar-refractivity contribution in [1.29, 1.82) is 0 Å². The first-order valence-electron chi connectivity index (χ1n) is 5.83. The fourth-order valence-electron chi connectivity index (χ4n) is 2.52. The van der Waals surface area contributed by atoms with Gasteiger partial charge in [-0.25, -0.2) is 0 Å². The van der Waals surface area contributed by atoms with Crippen molar-refractivity contribution in [3.63, 3.8) is 0 Å². The third kappa shape index (κ3) is 2.70. The standard InChI is InChI=1S/C11H18N2O2/c14-10-7-12-11(15)9(13-10)6-8-4-2-1-3-5-8/h8-9H,1-7H2,(H,12,15)(H,13,14)/t9-/m0/s1. The van der Waals surface area contributed by atoms with Gasteiger partial charge in [0, 0.05) is 0 Å². The van der Waals surface area contributed by atoms with Crippen LogP contribution >= 0.6 is 0 Å². The molecule has 1 saturated heterocycles. The molecule has 0 unspecified atom stereocenters. The van der Waals surface area contributed by atoms with Crippen molar-refractivity contribution in [2.75, 3.05) is 6.54 Å². The molecular weight excluding hydrogens is 192 g/mol. The quantitative estimate of drug-likeness (QED) is 0.700. The Kier molecular flexibility index (Phi) is 3.23. The molecule has 2 aliphatic rings. The average molecular weight is 210 g/mol. The molecule has 1 saturated carbocycles. The van der Waals surface area contributed by atoms with E-state index in [1.165, 1.54) is 32.1 Å². The van der Waals surface area contributed by atoms with Gasteiger partial charge in [0.05, 0.1) is 6.54 Å². The SMILES string of the molecule is O=C1CNC(=O)[C@H](CC2CCCCC2)N1. The number of rotatable bonds is 2. The van der Waals surface area contributed by atoms with Crippen molar-refractivity contribution in [3.8, 4) is 0 Å². The van der Waals surface area contributed by atoms with Gasteiger partial charge in [-0.3, -0.25) is 9.59 Å². The van der Waals surface area contributed by atoms with Crippen LogP contribution in [0.25, 0.3) is 0 Å². The molecule has 84 valence electrons. The van der Waals surface area contributed by atoms with E-state index >= 15 is 0 Å². The minimum absolute atomic E-state index is 0.0137. The summed E-state index contributed by atoms with van der Waals surface area (Å²) in [6.07, 6.45) is 7.09. The Balaban J connectivity index is 1.85. The highest BCUT2D eigenvalue weighted by Gasteiger charge is 2.28. The van der Waals surface area contributed by atoms with Crippen LogP contribution in [-0.2, 0) is 9.59 Å². The molecule has 0 spiro atoms. The van der Waals surface area contributed by atoms with Gasteiger partial charge in [-0.2, -0.15) is 0 Å². The smallest absolute Gasteiger partial charge is 0.243 e. The molecule has 15 heavy (non-hydrogen) atoms. The van der Waals surface area contributed by atoms with Crippen molar-refractivity contribution in [2.45, 2.75) is 44.6 Å². The Morgan fingerprint density at radius 3 is 2.60 bits per heavy atom. The maximum absolute atomic E-state index is 11.5. The molecule has 0 radical (unpaired) electrons. The van der Waals surface area contributed by atoms with E-state index in [1.54, 1.807) is 0 Å². The fraction of sp³-hybridized carbons (Fsp3) is 0.818. The summed E-state index contributed by atoms with van der Waals surface area (Å²) in [5.41, 5.74) is 0. The van der Waals surface area contributed by atoms with E-state index in [9.17, 15) is 9.59 Å². The summed E-state index contributed by atoms with van der Waals surface area (Å²) >= 11 is 0. The van der Waals surface area contributed by atoms with Crippen LogP contribution in [0, 0.1) is 5.92 Å². The lowest BCUT2D eigenvalue weighted by atomic mass is 9.84. The number of nitrogens with one attached hydrogen (secondary N) is 2. The van der Waals surface area contributed by atoms with Crippen molar-refractivity contribution in [1.82, 2.24) is 10.6 Å². The van der Waals surface area contributed by atoms with E-state index in [0.29, 0.717) is 5.92 Å². The number of hydrogen-bond donors (Lipinski definition) is 2. The molecule has 1 heterocycles. The predicted molar refractivity (Wildman–Crippen MR) is 56.1 cm³/mol. The maximum Gasteiger partial charge on any atom is 0.243 e. The molecule has 2 rings (SSSR count). The van der Waals surface area contributed by atoms with E-state index in [1.807, 2.05) is 0 Å². The minimum atomic E-state index is -0.283. The van der Waals surface area contributed by atoms with Crippen LogP contribution in [0.3, 0.4) is 0 Å². The fourth-order valence-corrected chi connectivity index (χ4v) is 2.52. The molecule has 1 aliphatic carbocycles. The van der Waals surface area contributed by atoms with E-state index in [2.05, 4.69) is 10.6 Å². The first kappa shape index (κ1) is 10.5. The second kappa shape index (κ2) is 4.64. The molecule has 0 aromatic heterocycles. The van der Waals surface area contributed by atoms with Crippen LogP contribution in [0.4, 0.5) is 0 Å². The van der Waals surface area contributed by atoms with Gasteiger partial charge in [-0.05, 0) is 12.3 Å². The van der Waals surface area contributed by atoms with Crippen molar-refractivity contribution in [2.24, 2.45) is 5.92 Å². The molecule has 0 bridgehead atoms. The summed E-state index contributed by atoms with van der Waals surface area (Å²) in [7, 11) is 0. The lowest BCUT2D eigenvalue weighted by Gasteiger charge is -2.28. The van der Waals surface area contributed by atoms with Crippen LogP contribution in [0.15, 0.2) is 0 Å². The van der Waals surface area contributed by atoms with Crippen LogP contribution < -0.4 is 10.6 Å². The summed E-state index contributed by atoms with van der Waals surface area (Å²) in [6.45, 7) is 0.139. The minimum Gasteiger partial charge on any atom is -0.345 e. The van der Waals surface area contributed by atoms with Crippen molar-refractivity contribution in [3.05, 3.63) is 0 Å². The maximum atomic E-state index is 11.5. The van der Waals surface area contributed by atoms with E-state index in [-0.39, 0.29) is 24.4 Å². The van der Waals surface area contributed by atoms with Crippen LogP contribution in [0.2, 0.25) is 0 Å². The topological polar surface area (TPSA) is 58.2 Å². The number of hydrogen-bond acceptors (Lipinski definition) is 2. The van der Waals surface area contributed by atoms with Crippen LogP contribution in [0.1, 0.15) is 38.5 Å². The van der Waals surface area contributed by atoms with Gasteiger partial charge >= 0.3 is 0 Å². The third-order valence-corrected chi connectivity index (χ3v) is 3.37. The lowest BCUT2D eigenvalue weighted by molar-refractivity contribution is -0.134. The molecule has 2 fully saturated rings. The third-order valence-electron chi connectivity index (χ3n) is 3.37. The molecule has 4 nitrogen and oxygen atoms in total. The number of amides is 2. The molecule has 0 aromatic rings. The van der Waals surface area contributed by atoms with Gasteiger partial charge in [-0.15, -0.1) is 0 Å². The Hall–Kier alpha value is -1.06. The number of carbonyl (C=O) groups is 2. The summed E-state index contributed by atoms with van der Waals surface area (Å²) in [6, 6.07) is -0.283. The normalized spacial score (nSPS) is 28.4. The van der Waals surface area contributed by atoms with Crippen LogP contribution in [0.5, 0.6) is 0 Å². The summed E-state index contributed by atoms with van der Waals surface area (Å²) < 4.78 is 0. The number of carbonyl (C=O) groups excluding carboxylic acids is 2. The van der Waals surface area contributed by atoms with Crippen molar-refractivity contribution >= 4 is 11.8 Å². The lowest BCUT2D eigenvalue weighted by Crippen LogP contribution is -2.56. The van der Waals surface area contributed by atoms with Gasteiger partial charge in [0.25, 0.3) is 0 Å². The zero-order chi connectivity index (χ0) is 10.7. The summed E-state index contributed by atoms with van der Waals surface area (Å²) in [4.78, 5) is 22.6. The highest BCUT2D eigenvalue weighted by atomic mass is 16.2. The van der Waals surface area contributed by atoms with Gasteiger partial charge in [-0.1, -0.05) is 32.1 Å². The first-order chi connectivity index (χ1) is 7.25. The second-order valence-corrected chi connectivity index (χ2v) is 4.58. The second-order valence-electron chi connectivity index (χ2n) is 4.58. The Labute approximate surface area is 89.8 Å².